The number of likely N-dealkylation sites (tertiary alicyclic amines) is 1. The largest absolute Gasteiger partial charge is 0.339 e. The fourth-order valence-corrected chi connectivity index (χ4v) is 3.34. The first kappa shape index (κ1) is 16.2. The minimum Gasteiger partial charge on any atom is -0.339 e. The highest BCUT2D eigenvalue weighted by Crippen LogP contribution is 2.28. The fraction of sp³-hybridized carbons (Fsp3) is 0.529. The van der Waals surface area contributed by atoms with Gasteiger partial charge in [-0.05, 0) is 42.7 Å². The number of nitrogens with one attached hydrogen (secondary N) is 1. The minimum atomic E-state index is 1.06. The third kappa shape index (κ3) is 4.41. The summed E-state index contributed by atoms with van der Waals surface area (Å²) in [5, 5.41) is 3.36. The lowest BCUT2D eigenvalue weighted by Gasteiger charge is -2.26. The van der Waals surface area contributed by atoms with Gasteiger partial charge in [-0.15, -0.1) is 0 Å². The summed E-state index contributed by atoms with van der Waals surface area (Å²) < 4.78 is 2.38. The molecule has 3 aliphatic rings. The lowest BCUT2D eigenvalue weighted by Crippen LogP contribution is -2.39. The summed E-state index contributed by atoms with van der Waals surface area (Å²) in [6.45, 7) is 13.5. The van der Waals surface area contributed by atoms with Crippen molar-refractivity contribution in [1.82, 2.24) is 14.5 Å². The Hall–Kier alpha value is -1.15. The Morgan fingerprint density at radius 3 is 2.48 bits per heavy atom. The Morgan fingerprint density at radius 1 is 1.14 bits per heavy atom. The lowest BCUT2D eigenvalue weighted by atomic mass is 10.3. The summed E-state index contributed by atoms with van der Waals surface area (Å²) in [6, 6.07) is 0. The molecule has 114 valence electrons. The molecule has 0 atom stereocenters. The number of nitrogens with zero attached hydrogens (tertiary/aromatic N) is 2. The number of hydrogen-bond donors (Lipinski definition) is 1. The first-order chi connectivity index (χ1) is 10.3. The molecule has 1 aliphatic carbocycles. The predicted molar refractivity (Wildman–Crippen MR) is 91.7 cm³/mol. The van der Waals surface area contributed by atoms with E-state index in [9.17, 15) is 0 Å². The van der Waals surface area contributed by atoms with Crippen molar-refractivity contribution in [1.29, 1.82) is 0 Å². The van der Waals surface area contributed by atoms with E-state index < -0.39 is 0 Å². The van der Waals surface area contributed by atoms with Crippen LogP contribution in [0.25, 0.3) is 0 Å². The van der Waals surface area contributed by atoms with Crippen LogP contribution in [-0.4, -0.2) is 41.9 Å². The van der Waals surface area contributed by atoms with Crippen molar-refractivity contribution in [2.24, 2.45) is 0 Å². The van der Waals surface area contributed by atoms with Crippen LogP contribution in [0, 0.1) is 0 Å². The van der Waals surface area contributed by atoms with Crippen LogP contribution in [0.3, 0.4) is 0 Å². The average Bonchev–Trinajstić information content (AvgIpc) is 2.97. The molecule has 1 N–H and O–H groups in total. The zero-order valence-electron chi connectivity index (χ0n) is 13.1. The Labute approximate surface area is 132 Å². The fourth-order valence-electron chi connectivity index (χ4n) is 2.47. The molecule has 0 amide bonds. The molecular formula is C17H25N3S. The molecule has 2 fully saturated rings. The second-order valence-electron chi connectivity index (χ2n) is 4.92. The summed E-state index contributed by atoms with van der Waals surface area (Å²) in [5.41, 5.74) is 8.86. The van der Waals surface area contributed by atoms with E-state index in [1.165, 1.54) is 12.1 Å². The van der Waals surface area contributed by atoms with Crippen molar-refractivity contribution in [2.45, 2.75) is 26.7 Å². The zero-order chi connectivity index (χ0) is 15.1. The van der Waals surface area contributed by atoms with E-state index in [-0.39, 0.29) is 0 Å². The highest BCUT2D eigenvalue weighted by atomic mass is 32.2. The van der Waals surface area contributed by atoms with Gasteiger partial charge in [0.15, 0.2) is 0 Å². The standard InChI is InChI=1S/C15H19N3S.C2H6/c1-13-3-2-10-18(13)14-4-6-15(7-5-14)19-17-11-8-16-9-12-17;1-2/h4,6,16H,1-3,8-12H2;1-2H3. The second kappa shape index (κ2) is 8.33. The van der Waals surface area contributed by atoms with Gasteiger partial charge in [0, 0.05) is 38.4 Å². The van der Waals surface area contributed by atoms with Crippen LogP contribution in [0.1, 0.15) is 26.7 Å². The Morgan fingerprint density at radius 2 is 1.90 bits per heavy atom. The quantitative estimate of drug-likeness (QED) is 0.637. The normalized spacial score (nSPS) is 21.8. The van der Waals surface area contributed by atoms with Gasteiger partial charge in [0.25, 0.3) is 0 Å². The van der Waals surface area contributed by atoms with Gasteiger partial charge in [0.2, 0.25) is 0 Å². The van der Waals surface area contributed by atoms with E-state index in [1.807, 2.05) is 13.8 Å². The molecule has 3 nitrogen and oxygen atoms in total. The van der Waals surface area contributed by atoms with E-state index in [0.29, 0.717) is 0 Å². The van der Waals surface area contributed by atoms with Gasteiger partial charge in [0.1, 0.15) is 0 Å². The first-order valence-corrected chi connectivity index (χ1v) is 8.63. The molecule has 3 rings (SSSR count). The molecule has 0 unspecified atom stereocenters. The Balaban J connectivity index is 0.000000774. The van der Waals surface area contributed by atoms with Crippen molar-refractivity contribution < 1.29 is 0 Å². The van der Waals surface area contributed by atoms with Crippen LogP contribution in [0.15, 0.2) is 46.5 Å². The molecule has 0 aromatic carbocycles. The number of rotatable bonds is 3. The summed E-state index contributed by atoms with van der Waals surface area (Å²) >= 11 is 1.78. The van der Waals surface area contributed by atoms with Gasteiger partial charge in [-0.1, -0.05) is 26.2 Å². The summed E-state index contributed by atoms with van der Waals surface area (Å²) in [7, 11) is 0. The SMILES string of the molecule is C=C1CCCN1C1=C=C=C(SN2CCNCC2)C=C1.CC. The first-order valence-electron chi connectivity index (χ1n) is 7.86. The Bertz CT molecular complexity index is 502. The zero-order valence-corrected chi connectivity index (χ0v) is 13.9. The molecule has 0 aromatic rings. The average molecular weight is 303 g/mol. The lowest BCUT2D eigenvalue weighted by molar-refractivity contribution is 0.398. The number of piperazine rings is 1. The van der Waals surface area contributed by atoms with Gasteiger partial charge in [-0.2, -0.15) is 0 Å². The van der Waals surface area contributed by atoms with E-state index in [4.69, 9.17) is 0 Å². The molecule has 2 aliphatic heterocycles. The Kier molecular flexibility index (Phi) is 6.44. The maximum atomic E-state index is 4.10. The third-order valence-corrected chi connectivity index (χ3v) is 4.59. The highest BCUT2D eigenvalue weighted by Gasteiger charge is 2.18. The van der Waals surface area contributed by atoms with Crippen molar-refractivity contribution in [3.63, 3.8) is 0 Å². The summed E-state index contributed by atoms with van der Waals surface area (Å²) in [4.78, 5) is 3.39. The van der Waals surface area contributed by atoms with E-state index in [0.717, 1.165) is 49.7 Å². The molecule has 0 aromatic heterocycles. The highest BCUT2D eigenvalue weighted by molar-refractivity contribution is 8.01. The topological polar surface area (TPSA) is 18.5 Å². The summed E-state index contributed by atoms with van der Waals surface area (Å²) in [6.07, 6.45) is 6.58. The van der Waals surface area contributed by atoms with Crippen LogP contribution in [-0.2, 0) is 0 Å². The molecular weight excluding hydrogens is 278 g/mol. The van der Waals surface area contributed by atoms with Gasteiger partial charge in [-0.25, -0.2) is 4.31 Å². The van der Waals surface area contributed by atoms with Crippen molar-refractivity contribution in [2.75, 3.05) is 32.7 Å². The van der Waals surface area contributed by atoms with Crippen LogP contribution < -0.4 is 5.32 Å². The maximum absolute atomic E-state index is 4.10. The van der Waals surface area contributed by atoms with Crippen molar-refractivity contribution in [3.8, 4) is 0 Å². The van der Waals surface area contributed by atoms with Gasteiger partial charge in [-0.3, -0.25) is 0 Å². The van der Waals surface area contributed by atoms with Crippen molar-refractivity contribution in [3.05, 3.63) is 46.5 Å². The maximum Gasteiger partial charge on any atom is 0.0925 e. The minimum absolute atomic E-state index is 1.06. The van der Waals surface area contributed by atoms with Crippen molar-refractivity contribution >= 4 is 11.9 Å². The molecule has 21 heavy (non-hydrogen) atoms. The van der Waals surface area contributed by atoms with Crippen LogP contribution in [0.2, 0.25) is 0 Å². The van der Waals surface area contributed by atoms with Gasteiger partial charge in [0.05, 0.1) is 10.6 Å². The molecule has 0 spiro atoms. The molecule has 2 heterocycles. The van der Waals surface area contributed by atoms with Gasteiger partial charge < -0.3 is 10.2 Å². The van der Waals surface area contributed by atoms with Crippen LogP contribution >= 0.6 is 11.9 Å². The van der Waals surface area contributed by atoms with Gasteiger partial charge >= 0.3 is 0 Å². The van der Waals surface area contributed by atoms with E-state index in [1.54, 1.807) is 11.9 Å². The smallest absolute Gasteiger partial charge is 0.0925 e. The molecule has 0 saturated carbocycles. The summed E-state index contributed by atoms with van der Waals surface area (Å²) in [5.74, 6) is 0. The number of allylic oxidation sites excluding steroid dienone is 3. The third-order valence-electron chi connectivity index (χ3n) is 3.53. The second-order valence-corrected chi connectivity index (χ2v) is 6.06. The molecule has 0 radical (unpaired) electrons. The molecule has 0 bridgehead atoms. The van der Waals surface area contributed by atoms with Crippen LogP contribution in [0.4, 0.5) is 0 Å². The molecule has 4 heteroatoms. The van der Waals surface area contributed by atoms with Crippen LogP contribution in [0.5, 0.6) is 0 Å². The monoisotopic (exact) mass is 303 g/mol. The predicted octanol–water partition coefficient (Wildman–Crippen LogP) is 3.27. The van der Waals surface area contributed by atoms with E-state index >= 15 is 0 Å². The molecule has 2 saturated heterocycles. The number of hydrogen-bond acceptors (Lipinski definition) is 4. The van der Waals surface area contributed by atoms with E-state index in [2.05, 4.69) is 44.7 Å².